The fourth-order valence-electron chi connectivity index (χ4n) is 2.40. The van der Waals surface area contributed by atoms with Crippen molar-refractivity contribution in [1.29, 1.82) is 0 Å². The average Bonchev–Trinajstić information content (AvgIpc) is 3.05. The second kappa shape index (κ2) is 3.53. The van der Waals surface area contributed by atoms with Crippen molar-refractivity contribution >= 4 is 19.7 Å². The molecule has 0 spiro atoms. The molecule has 1 aliphatic heterocycles. The summed E-state index contributed by atoms with van der Waals surface area (Å²) in [5.41, 5.74) is 0.932. The first-order valence-corrected chi connectivity index (χ1v) is 7.61. The molecule has 1 fully saturated rings. The highest BCUT2D eigenvalue weighted by molar-refractivity contribution is 8.14. The van der Waals surface area contributed by atoms with E-state index in [2.05, 4.69) is 0 Å². The van der Waals surface area contributed by atoms with Crippen molar-refractivity contribution in [3.8, 4) is 11.5 Å². The molecule has 2 atom stereocenters. The monoisotopic (exact) mass is 274 g/mol. The van der Waals surface area contributed by atoms with E-state index in [1.165, 1.54) is 7.11 Å². The molecule has 1 saturated carbocycles. The lowest BCUT2D eigenvalue weighted by Crippen LogP contribution is -2.12. The predicted molar refractivity (Wildman–Crippen MR) is 62.4 cm³/mol. The van der Waals surface area contributed by atoms with Gasteiger partial charge in [0.15, 0.2) is 4.90 Å². The van der Waals surface area contributed by atoms with Gasteiger partial charge in [0, 0.05) is 16.6 Å². The van der Waals surface area contributed by atoms with E-state index in [4.69, 9.17) is 20.2 Å². The average molecular weight is 275 g/mol. The van der Waals surface area contributed by atoms with Gasteiger partial charge in [-0.2, -0.15) is 0 Å². The Hall–Kier alpha value is -0.940. The second-order valence-electron chi connectivity index (χ2n) is 4.37. The van der Waals surface area contributed by atoms with Crippen molar-refractivity contribution < 1.29 is 17.9 Å². The van der Waals surface area contributed by atoms with E-state index in [1.807, 2.05) is 6.07 Å². The molecule has 0 saturated heterocycles. The van der Waals surface area contributed by atoms with Crippen LogP contribution in [0.15, 0.2) is 17.0 Å². The van der Waals surface area contributed by atoms with Crippen LogP contribution in [-0.2, 0) is 9.05 Å². The molecule has 1 heterocycles. The molecule has 0 aromatic heterocycles. The zero-order valence-corrected chi connectivity index (χ0v) is 10.7. The minimum Gasteiger partial charge on any atom is -0.495 e. The maximum atomic E-state index is 11.6. The van der Waals surface area contributed by atoms with Gasteiger partial charge in [0.1, 0.15) is 11.5 Å². The molecule has 2 aliphatic rings. The fraction of sp³-hybridized carbons (Fsp3) is 0.455. The Morgan fingerprint density at radius 2 is 2.24 bits per heavy atom. The second-order valence-corrected chi connectivity index (χ2v) is 6.87. The van der Waals surface area contributed by atoms with Crippen LogP contribution < -0.4 is 9.47 Å². The van der Waals surface area contributed by atoms with Crippen molar-refractivity contribution in [3.63, 3.8) is 0 Å². The molecular weight excluding hydrogens is 264 g/mol. The summed E-state index contributed by atoms with van der Waals surface area (Å²) < 4.78 is 33.8. The number of rotatable bonds is 2. The Balaban J connectivity index is 2.26. The highest BCUT2D eigenvalue weighted by Gasteiger charge is 2.46. The third-order valence-corrected chi connectivity index (χ3v) is 4.67. The van der Waals surface area contributed by atoms with E-state index < -0.39 is 9.05 Å². The highest BCUT2D eigenvalue weighted by Crippen LogP contribution is 2.56. The van der Waals surface area contributed by atoms with E-state index in [1.54, 1.807) is 6.07 Å². The number of methoxy groups -OCH3 is 1. The number of halogens is 1. The van der Waals surface area contributed by atoms with Crippen LogP contribution in [0.3, 0.4) is 0 Å². The number of hydrogen-bond acceptors (Lipinski definition) is 4. The summed E-state index contributed by atoms with van der Waals surface area (Å²) in [6, 6.07) is 3.50. The van der Waals surface area contributed by atoms with Crippen LogP contribution in [-0.4, -0.2) is 22.1 Å². The summed E-state index contributed by atoms with van der Waals surface area (Å²) in [5.74, 6) is 1.56. The summed E-state index contributed by atoms with van der Waals surface area (Å²) in [4.78, 5) is -0.0375. The number of hydrogen-bond donors (Lipinski definition) is 0. The molecule has 6 heteroatoms. The Kier molecular flexibility index (Phi) is 2.32. The summed E-state index contributed by atoms with van der Waals surface area (Å²) in [7, 11) is 3.00. The zero-order valence-electron chi connectivity index (χ0n) is 9.14. The highest BCUT2D eigenvalue weighted by atomic mass is 35.7. The third kappa shape index (κ3) is 1.68. The van der Waals surface area contributed by atoms with Gasteiger partial charge < -0.3 is 9.47 Å². The Bertz CT molecular complexity index is 581. The van der Waals surface area contributed by atoms with E-state index in [0.717, 1.165) is 12.0 Å². The lowest BCUT2D eigenvalue weighted by molar-refractivity contribution is 0.267. The van der Waals surface area contributed by atoms with Crippen molar-refractivity contribution in [2.24, 2.45) is 5.92 Å². The molecule has 0 radical (unpaired) electrons. The van der Waals surface area contributed by atoms with Gasteiger partial charge in [-0.25, -0.2) is 8.42 Å². The molecule has 0 unspecified atom stereocenters. The molecule has 0 N–H and O–H groups in total. The number of benzene rings is 1. The first-order valence-electron chi connectivity index (χ1n) is 5.30. The normalized spacial score (nSPS) is 25.5. The van der Waals surface area contributed by atoms with Crippen LogP contribution in [0.5, 0.6) is 11.5 Å². The Labute approximate surface area is 104 Å². The maximum absolute atomic E-state index is 11.6. The van der Waals surface area contributed by atoms with Crippen molar-refractivity contribution in [2.75, 3.05) is 13.7 Å². The molecule has 17 heavy (non-hydrogen) atoms. The van der Waals surface area contributed by atoms with Crippen molar-refractivity contribution in [1.82, 2.24) is 0 Å². The standard InChI is InChI=1S/C11H11ClO4S/c1-15-9-3-2-7-8-4-6(8)5-16-10(7)11(9)17(12,13)14/h2-3,6,8H,4-5H2,1H3/t6-,8-/m0/s1. The van der Waals surface area contributed by atoms with Crippen LogP contribution in [0, 0.1) is 5.92 Å². The summed E-state index contributed by atoms with van der Waals surface area (Å²) in [5, 5.41) is 0. The quantitative estimate of drug-likeness (QED) is 0.775. The van der Waals surface area contributed by atoms with Crippen LogP contribution in [0.4, 0.5) is 0 Å². The van der Waals surface area contributed by atoms with Crippen LogP contribution >= 0.6 is 10.7 Å². The van der Waals surface area contributed by atoms with E-state index in [9.17, 15) is 8.42 Å². The first kappa shape index (κ1) is 11.2. The number of fused-ring (bicyclic) bond motifs is 3. The lowest BCUT2D eigenvalue weighted by Gasteiger charge is -2.20. The van der Waals surface area contributed by atoms with Gasteiger partial charge in [-0.1, -0.05) is 6.07 Å². The van der Waals surface area contributed by atoms with Crippen molar-refractivity contribution in [3.05, 3.63) is 17.7 Å². The molecule has 1 aliphatic carbocycles. The molecule has 92 valence electrons. The summed E-state index contributed by atoms with van der Waals surface area (Å²) in [6.45, 7) is 0.560. The third-order valence-electron chi connectivity index (χ3n) is 3.33. The van der Waals surface area contributed by atoms with Crippen LogP contribution in [0.2, 0.25) is 0 Å². The Morgan fingerprint density at radius 1 is 1.47 bits per heavy atom. The first-order chi connectivity index (χ1) is 8.02. The van der Waals surface area contributed by atoms with Crippen molar-refractivity contribution in [2.45, 2.75) is 17.2 Å². The smallest absolute Gasteiger partial charge is 0.268 e. The molecule has 0 bridgehead atoms. The molecule has 0 amide bonds. The summed E-state index contributed by atoms with van der Waals surface area (Å²) >= 11 is 0. The van der Waals surface area contributed by atoms with E-state index >= 15 is 0 Å². The zero-order chi connectivity index (χ0) is 12.2. The van der Waals surface area contributed by atoms with E-state index in [0.29, 0.717) is 24.2 Å². The number of ether oxygens (including phenoxy) is 2. The van der Waals surface area contributed by atoms with Gasteiger partial charge >= 0.3 is 0 Å². The van der Waals surface area contributed by atoms with E-state index in [-0.39, 0.29) is 10.6 Å². The minimum absolute atomic E-state index is 0.0375. The Morgan fingerprint density at radius 3 is 2.88 bits per heavy atom. The fourth-order valence-corrected chi connectivity index (χ4v) is 3.62. The topological polar surface area (TPSA) is 52.6 Å². The van der Waals surface area contributed by atoms with Gasteiger partial charge in [0.05, 0.1) is 13.7 Å². The molecule has 3 rings (SSSR count). The predicted octanol–water partition coefficient (Wildman–Crippen LogP) is 2.12. The summed E-state index contributed by atoms with van der Waals surface area (Å²) in [6.07, 6.45) is 1.06. The van der Waals surface area contributed by atoms with Gasteiger partial charge in [0.2, 0.25) is 0 Å². The lowest BCUT2D eigenvalue weighted by atomic mass is 10.1. The molecule has 1 aromatic carbocycles. The van der Waals surface area contributed by atoms with Crippen LogP contribution in [0.25, 0.3) is 0 Å². The molecule has 4 nitrogen and oxygen atoms in total. The molecule has 1 aromatic rings. The van der Waals surface area contributed by atoms with Gasteiger partial charge in [0.25, 0.3) is 9.05 Å². The SMILES string of the molecule is COc1ccc2c(c1S(=O)(=O)Cl)OC[C@@H]1C[C@H]21. The van der Waals surface area contributed by atoms with Gasteiger partial charge in [-0.3, -0.25) is 0 Å². The maximum Gasteiger partial charge on any atom is 0.268 e. The largest absolute Gasteiger partial charge is 0.495 e. The van der Waals surface area contributed by atoms with Crippen LogP contribution in [0.1, 0.15) is 17.9 Å². The van der Waals surface area contributed by atoms with Gasteiger partial charge in [-0.15, -0.1) is 0 Å². The molecular formula is C11H11ClO4S. The minimum atomic E-state index is -3.87. The van der Waals surface area contributed by atoms with Gasteiger partial charge in [-0.05, 0) is 24.0 Å².